The summed E-state index contributed by atoms with van der Waals surface area (Å²) in [5, 5.41) is 0. The molecule has 1 heterocycles. The topological polar surface area (TPSA) is 70.8 Å². The first kappa shape index (κ1) is 20.6. The van der Waals surface area contributed by atoms with Gasteiger partial charge in [-0.2, -0.15) is 0 Å². The number of methoxy groups -OCH3 is 1. The van der Waals surface area contributed by atoms with Gasteiger partial charge < -0.3 is 19.9 Å². The Bertz CT molecular complexity index is 301. The molecule has 1 fully saturated rings. The Hall–Kier alpha value is -0.360. The molecule has 5 nitrogen and oxygen atoms in total. The van der Waals surface area contributed by atoms with E-state index in [-0.39, 0.29) is 36.7 Å². The number of esters is 1. The highest BCUT2D eigenvalue weighted by molar-refractivity contribution is 5.85. The van der Waals surface area contributed by atoms with Crippen LogP contribution in [0.25, 0.3) is 0 Å². The lowest BCUT2D eigenvalue weighted by Gasteiger charge is -2.32. The van der Waals surface area contributed by atoms with E-state index in [4.69, 9.17) is 19.9 Å². The fraction of sp³-hybridized carbons (Fsp3) is 0.933. The predicted octanol–water partition coefficient (Wildman–Crippen LogP) is 2.30. The zero-order valence-electron chi connectivity index (χ0n) is 13.5. The number of rotatable bonds is 4. The molecule has 0 spiro atoms. The minimum atomic E-state index is -0.526. The first-order valence-electron chi connectivity index (χ1n) is 7.56. The molecule has 0 amide bonds. The van der Waals surface area contributed by atoms with Crippen LogP contribution < -0.4 is 5.73 Å². The van der Waals surface area contributed by atoms with Gasteiger partial charge in [-0.1, -0.05) is 26.7 Å². The molecule has 0 bridgehead atoms. The van der Waals surface area contributed by atoms with Crippen LogP contribution in [0.15, 0.2) is 0 Å². The summed E-state index contributed by atoms with van der Waals surface area (Å²) in [6.07, 6.45) is 2.81. The summed E-state index contributed by atoms with van der Waals surface area (Å²) in [6, 6.07) is -0.526. The third-order valence-corrected chi connectivity index (χ3v) is 3.61. The quantitative estimate of drug-likeness (QED) is 0.804. The molecular weight excluding hydrogens is 294 g/mol. The molecule has 0 radical (unpaired) electrons. The molecular formula is C15H30ClNO4. The Morgan fingerprint density at radius 3 is 2.52 bits per heavy atom. The Morgan fingerprint density at radius 1 is 1.33 bits per heavy atom. The highest BCUT2D eigenvalue weighted by atomic mass is 35.5. The molecule has 0 aliphatic carbocycles. The molecule has 6 heteroatoms. The van der Waals surface area contributed by atoms with Gasteiger partial charge in [-0.05, 0) is 25.7 Å². The second kappa shape index (κ2) is 10.4. The summed E-state index contributed by atoms with van der Waals surface area (Å²) in [7, 11) is 1.68. The number of carbonyl (C=O) groups is 1. The molecule has 0 aromatic heterocycles. The summed E-state index contributed by atoms with van der Waals surface area (Å²) in [5.41, 5.74) is 5.82. The van der Waals surface area contributed by atoms with Crippen LogP contribution in [0.4, 0.5) is 0 Å². The lowest BCUT2D eigenvalue weighted by molar-refractivity contribution is -0.169. The molecule has 126 valence electrons. The maximum absolute atomic E-state index is 11.9. The van der Waals surface area contributed by atoms with Crippen molar-refractivity contribution in [3.8, 4) is 0 Å². The average Bonchev–Trinajstić information content (AvgIpc) is 2.39. The number of ether oxygens (including phenoxy) is 3. The Morgan fingerprint density at radius 2 is 1.95 bits per heavy atom. The second-order valence-electron chi connectivity index (χ2n) is 6.00. The van der Waals surface area contributed by atoms with Crippen molar-refractivity contribution in [2.24, 2.45) is 11.7 Å². The van der Waals surface area contributed by atoms with E-state index in [0.29, 0.717) is 18.9 Å². The first-order chi connectivity index (χ1) is 9.45. The van der Waals surface area contributed by atoms with Gasteiger partial charge in [-0.3, -0.25) is 4.79 Å². The highest BCUT2D eigenvalue weighted by Crippen LogP contribution is 2.21. The highest BCUT2D eigenvalue weighted by Gasteiger charge is 2.32. The minimum Gasteiger partial charge on any atom is -0.459 e. The monoisotopic (exact) mass is 323 g/mol. The van der Waals surface area contributed by atoms with E-state index in [1.54, 1.807) is 7.11 Å². The minimum absolute atomic E-state index is 0. The van der Waals surface area contributed by atoms with Crippen LogP contribution in [0.2, 0.25) is 0 Å². The Labute approximate surface area is 134 Å². The largest absolute Gasteiger partial charge is 0.459 e. The van der Waals surface area contributed by atoms with E-state index in [0.717, 1.165) is 19.3 Å². The van der Waals surface area contributed by atoms with Gasteiger partial charge in [0.2, 0.25) is 0 Å². The fourth-order valence-corrected chi connectivity index (χ4v) is 2.43. The average molecular weight is 324 g/mol. The van der Waals surface area contributed by atoms with Gasteiger partial charge in [0, 0.05) is 13.7 Å². The fourth-order valence-electron chi connectivity index (χ4n) is 2.43. The van der Waals surface area contributed by atoms with Crippen LogP contribution in [0.1, 0.15) is 46.5 Å². The van der Waals surface area contributed by atoms with Crippen molar-refractivity contribution < 1.29 is 19.0 Å². The molecule has 21 heavy (non-hydrogen) atoms. The van der Waals surface area contributed by atoms with Crippen molar-refractivity contribution in [2.45, 2.75) is 70.8 Å². The third kappa shape index (κ3) is 6.96. The van der Waals surface area contributed by atoms with Gasteiger partial charge >= 0.3 is 5.97 Å². The SMILES string of the molecule is CO[C@H]1CCCC[C@H](N)C(=O)O[C@@H](C)[C@@H]1OCC(C)C.Cl. The number of nitrogens with two attached hydrogens (primary N) is 1. The summed E-state index contributed by atoms with van der Waals surface area (Å²) in [6.45, 7) is 6.66. The lowest BCUT2D eigenvalue weighted by atomic mass is 9.99. The molecule has 2 N–H and O–H groups in total. The Balaban J connectivity index is 0.00000400. The van der Waals surface area contributed by atoms with Crippen molar-refractivity contribution in [3.63, 3.8) is 0 Å². The van der Waals surface area contributed by atoms with Crippen molar-refractivity contribution in [3.05, 3.63) is 0 Å². The molecule has 1 aliphatic heterocycles. The zero-order valence-corrected chi connectivity index (χ0v) is 14.4. The van der Waals surface area contributed by atoms with Gasteiger partial charge in [-0.15, -0.1) is 12.4 Å². The molecule has 4 atom stereocenters. The second-order valence-corrected chi connectivity index (χ2v) is 6.00. The summed E-state index contributed by atoms with van der Waals surface area (Å²) >= 11 is 0. The van der Waals surface area contributed by atoms with Crippen LogP contribution in [0.3, 0.4) is 0 Å². The van der Waals surface area contributed by atoms with Crippen molar-refractivity contribution in [1.29, 1.82) is 0 Å². The first-order valence-corrected chi connectivity index (χ1v) is 7.56. The van der Waals surface area contributed by atoms with E-state index < -0.39 is 6.04 Å². The third-order valence-electron chi connectivity index (χ3n) is 3.61. The van der Waals surface area contributed by atoms with E-state index in [1.165, 1.54) is 0 Å². The van der Waals surface area contributed by atoms with Gasteiger partial charge in [-0.25, -0.2) is 0 Å². The van der Waals surface area contributed by atoms with Crippen molar-refractivity contribution in [2.75, 3.05) is 13.7 Å². The molecule has 1 rings (SSSR count). The van der Waals surface area contributed by atoms with Gasteiger partial charge in [0.1, 0.15) is 18.2 Å². The van der Waals surface area contributed by atoms with Gasteiger partial charge in [0.25, 0.3) is 0 Å². The van der Waals surface area contributed by atoms with Crippen LogP contribution >= 0.6 is 12.4 Å². The van der Waals surface area contributed by atoms with Crippen LogP contribution in [-0.4, -0.2) is 44.0 Å². The van der Waals surface area contributed by atoms with E-state index >= 15 is 0 Å². The summed E-state index contributed by atoms with van der Waals surface area (Å²) in [4.78, 5) is 11.9. The molecule has 0 aromatic carbocycles. The van der Waals surface area contributed by atoms with Crippen LogP contribution in [0, 0.1) is 5.92 Å². The molecule has 0 aromatic rings. The summed E-state index contributed by atoms with van der Waals surface area (Å²) < 4.78 is 16.9. The molecule has 0 unspecified atom stereocenters. The van der Waals surface area contributed by atoms with Crippen LogP contribution in [-0.2, 0) is 19.0 Å². The van der Waals surface area contributed by atoms with Gasteiger partial charge in [0.15, 0.2) is 0 Å². The Kier molecular flexibility index (Phi) is 10.2. The summed E-state index contributed by atoms with van der Waals surface area (Å²) in [5.74, 6) is 0.0838. The van der Waals surface area contributed by atoms with Crippen molar-refractivity contribution >= 4 is 18.4 Å². The number of carbonyl (C=O) groups excluding carboxylic acids is 1. The zero-order chi connectivity index (χ0) is 15.1. The maximum atomic E-state index is 11.9. The van der Waals surface area contributed by atoms with Crippen molar-refractivity contribution in [1.82, 2.24) is 0 Å². The van der Waals surface area contributed by atoms with E-state index in [9.17, 15) is 4.79 Å². The smallest absolute Gasteiger partial charge is 0.323 e. The van der Waals surface area contributed by atoms with E-state index in [2.05, 4.69) is 13.8 Å². The standard InChI is InChI=1S/C15H29NO4.ClH/c1-10(2)9-19-14-11(3)20-15(17)12(16)7-5-6-8-13(14)18-4;/h10-14H,5-9,16H2,1-4H3;1H/t11-,12-,13-,14-;/m0./s1. The predicted molar refractivity (Wildman–Crippen MR) is 84.6 cm³/mol. The molecule has 1 saturated heterocycles. The number of hydrogen-bond acceptors (Lipinski definition) is 5. The number of halogens is 1. The number of cyclic esters (lactones) is 1. The lowest BCUT2D eigenvalue weighted by Crippen LogP contribution is -2.45. The normalized spacial score (nSPS) is 31.4. The number of hydrogen-bond donors (Lipinski definition) is 1. The maximum Gasteiger partial charge on any atom is 0.323 e. The van der Waals surface area contributed by atoms with E-state index in [1.807, 2.05) is 6.92 Å². The van der Waals surface area contributed by atoms with Crippen LogP contribution in [0.5, 0.6) is 0 Å². The van der Waals surface area contributed by atoms with Gasteiger partial charge in [0.05, 0.1) is 6.10 Å². The molecule has 0 saturated carbocycles. The molecule has 1 aliphatic rings.